The monoisotopic (exact) mass is 445 g/mol. The minimum Gasteiger partial charge on any atom is -0.464 e. The summed E-state index contributed by atoms with van der Waals surface area (Å²) in [5.74, 6) is 0.186. The van der Waals surface area contributed by atoms with Gasteiger partial charge in [-0.15, -0.1) is 0 Å². The molecule has 1 aliphatic rings. The zero-order valence-electron chi connectivity index (χ0n) is 18.3. The van der Waals surface area contributed by atoms with Crippen LogP contribution in [0, 0.1) is 0 Å². The number of nitrogens with one attached hydrogen (secondary N) is 2. The zero-order chi connectivity index (χ0) is 22.9. The van der Waals surface area contributed by atoms with Gasteiger partial charge < -0.3 is 15.4 Å². The summed E-state index contributed by atoms with van der Waals surface area (Å²) in [5.41, 5.74) is 3.75. The molecule has 3 aromatic heterocycles. The number of esters is 1. The third-order valence-electron chi connectivity index (χ3n) is 5.67. The minimum atomic E-state index is -0.558. The SMILES string of the molecule is CCn1c(=O)c2cnc(Nc3ccc4c(c3)CNCC4)nc2n1-c1cccc(C(=O)OC)n1. The molecule has 0 spiro atoms. The van der Waals surface area contributed by atoms with Crippen LogP contribution in [0.2, 0.25) is 0 Å². The molecule has 0 aliphatic carbocycles. The van der Waals surface area contributed by atoms with E-state index in [9.17, 15) is 9.59 Å². The maximum atomic E-state index is 13.0. The third-order valence-corrected chi connectivity index (χ3v) is 5.67. The minimum absolute atomic E-state index is 0.141. The lowest BCUT2D eigenvalue weighted by Crippen LogP contribution is -2.23. The van der Waals surface area contributed by atoms with Crippen LogP contribution in [0.3, 0.4) is 0 Å². The first-order valence-corrected chi connectivity index (χ1v) is 10.7. The van der Waals surface area contributed by atoms with Crippen LogP contribution in [-0.2, 0) is 24.2 Å². The molecule has 0 bridgehead atoms. The largest absolute Gasteiger partial charge is 0.464 e. The standard InChI is InChI=1S/C23H23N7O3/c1-3-29-21(31)17-13-25-23(26-16-8-7-14-9-10-24-12-15(14)11-16)28-20(17)30(29)19-6-4-5-18(27-19)22(32)33-2/h4-8,11,13,24H,3,9-10,12H2,1-2H3,(H,25,26,28). The number of rotatable bonds is 5. The molecule has 10 nitrogen and oxygen atoms in total. The molecule has 4 aromatic rings. The second-order valence-corrected chi connectivity index (χ2v) is 7.67. The van der Waals surface area contributed by atoms with Crippen molar-refractivity contribution in [2.75, 3.05) is 19.0 Å². The van der Waals surface area contributed by atoms with E-state index in [0.717, 1.165) is 25.2 Å². The average molecular weight is 445 g/mol. The summed E-state index contributed by atoms with van der Waals surface area (Å²) < 4.78 is 7.90. The number of aromatic nitrogens is 5. The molecule has 1 aromatic carbocycles. The lowest BCUT2D eigenvalue weighted by molar-refractivity contribution is 0.0594. The van der Waals surface area contributed by atoms with E-state index in [1.807, 2.05) is 13.0 Å². The number of anilines is 2. The molecule has 33 heavy (non-hydrogen) atoms. The molecule has 0 saturated carbocycles. The van der Waals surface area contributed by atoms with Crippen molar-refractivity contribution < 1.29 is 9.53 Å². The Kier molecular flexibility index (Phi) is 5.35. The maximum Gasteiger partial charge on any atom is 0.356 e. The van der Waals surface area contributed by atoms with Crippen LogP contribution in [0.4, 0.5) is 11.6 Å². The van der Waals surface area contributed by atoms with Crippen molar-refractivity contribution in [1.82, 2.24) is 29.6 Å². The van der Waals surface area contributed by atoms with Crippen LogP contribution < -0.4 is 16.2 Å². The molecule has 0 radical (unpaired) electrons. The van der Waals surface area contributed by atoms with Crippen LogP contribution in [0.15, 0.2) is 47.4 Å². The van der Waals surface area contributed by atoms with E-state index in [-0.39, 0.29) is 11.3 Å². The van der Waals surface area contributed by atoms with Crippen LogP contribution in [0.1, 0.15) is 28.5 Å². The Morgan fingerprint density at radius 3 is 2.91 bits per heavy atom. The van der Waals surface area contributed by atoms with Crippen molar-refractivity contribution in [3.63, 3.8) is 0 Å². The van der Waals surface area contributed by atoms with Crippen molar-refractivity contribution in [3.05, 3.63) is 69.8 Å². The van der Waals surface area contributed by atoms with Crippen molar-refractivity contribution in [3.8, 4) is 5.82 Å². The highest BCUT2D eigenvalue weighted by atomic mass is 16.5. The van der Waals surface area contributed by atoms with E-state index in [4.69, 9.17) is 4.74 Å². The van der Waals surface area contributed by atoms with Gasteiger partial charge in [0.15, 0.2) is 17.2 Å². The molecule has 0 saturated heterocycles. The van der Waals surface area contributed by atoms with Crippen molar-refractivity contribution >= 4 is 28.6 Å². The first-order valence-electron chi connectivity index (χ1n) is 10.7. The number of nitrogens with zero attached hydrogens (tertiary/aromatic N) is 5. The molecule has 0 atom stereocenters. The van der Waals surface area contributed by atoms with Crippen LogP contribution in [0.25, 0.3) is 16.9 Å². The second-order valence-electron chi connectivity index (χ2n) is 7.67. The predicted octanol–water partition coefficient (Wildman–Crippen LogP) is 2.17. The zero-order valence-corrected chi connectivity index (χ0v) is 18.3. The van der Waals surface area contributed by atoms with Crippen LogP contribution >= 0.6 is 0 Å². The van der Waals surface area contributed by atoms with E-state index in [2.05, 4.69) is 37.7 Å². The van der Waals surface area contributed by atoms with Crippen molar-refractivity contribution in [2.45, 2.75) is 26.4 Å². The number of fused-ring (bicyclic) bond motifs is 2. The van der Waals surface area contributed by atoms with Gasteiger partial charge in [-0.3, -0.25) is 4.79 Å². The normalized spacial score (nSPS) is 13.0. The molecule has 10 heteroatoms. The van der Waals surface area contributed by atoms with E-state index in [0.29, 0.717) is 29.3 Å². The van der Waals surface area contributed by atoms with Crippen molar-refractivity contribution in [2.24, 2.45) is 0 Å². The molecule has 0 unspecified atom stereocenters. The van der Waals surface area contributed by atoms with E-state index in [1.54, 1.807) is 22.9 Å². The third kappa shape index (κ3) is 3.74. The van der Waals surface area contributed by atoms with Gasteiger partial charge in [-0.25, -0.2) is 24.1 Å². The van der Waals surface area contributed by atoms with Gasteiger partial charge in [0.05, 0.1) is 7.11 Å². The summed E-state index contributed by atoms with van der Waals surface area (Å²) in [6.45, 7) is 4.05. The fraction of sp³-hybridized carbons (Fsp3) is 0.261. The Balaban J connectivity index is 1.59. The summed E-state index contributed by atoms with van der Waals surface area (Å²) in [7, 11) is 1.30. The van der Waals surface area contributed by atoms with Crippen LogP contribution in [0.5, 0.6) is 0 Å². The molecule has 168 valence electrons. The van der Waals surface area contributed by atoms with Crippen molar-refractivity contribution in [1.29, 1.82) is 0 Å². The maximum absolute atomic E-state index is 13.0. The predicted molar refractivity (Wildman–Crippen MR) is 123 cm³/mol. The van der Waals surface area contributed by atoms with E-state index >= 15 is 0 Å². The number of ether oxygens (including phenoxy) is 1. The van der Waals surface area contributed by atoms with Gasteiger partial charge in [-0.2, -0.15) is 4.98 Å². The molecule has 1 aliphatic heterocycles. The summed E-state index contributed by atoms with van der Waals surface area (Å²) in [6.07, 6.45) is 2.52. The van der Waals surface area contributed by atoms with Crippen LogP contribution in [-0.4, -0.2) is 43.9 Å². The average Bonchev–Trinajstić information content (AvgIpc) is 3.14. The summed E-state index contributed by atoms with van der Waals surface area (Å²) in [6, 6.07) is 11.2. The lowest BCUT2D eigenvalue weighted by atomic mass is 10.0. The van der Waals surface area contributed by atoms with Gasteiger partial charge in [-0.05, 0) is 55.3 Å². The number of methoxy groups -OCH3 is 1. The molecule has 2 N–H and O–H groups in total. The highest BCUT2D eigenvalue weighted by Crippen LogP contribution is 2.22. The fourth-order valence-corrected chi connectivity index (χ4v) is 4.05. The molecule has 4 heterocycles. The van der Waals surface area contributed by atoms with Gasteiger partial charge >= 0.3 is 5.97 Å². The Morgan fingerprint density at radius 1 is 1.21 bits per heavy atom. The smallest absolute Gasteiger partial charge is 0.356 e. The van der Waals surface area contributed by atoms with Gasteiger partial charge in [0, 0.05) is 25.0 Å². The summed E-state index contributed by atoms with van der Waals surface area (Å²) >= 11 is 0. The first kappa shape index (κ1) is 20.8. The van der Waals surface area contributed by atoms with Gasteiger partial charge in [0.25, 0.3) is 5.56 Å². The number of hydrogen-bond acceptors (Lipinski definition) is 8. The topological polar surface area (TPSA) is 116 Å². The number of carbonyl (C=O) groups is 1. The fourth-order valence-electron chi connectivity index (χ4n) is 4.05. The Hall–Kier alpha value is -4.05. The molecule has 0 amide bonds. The highest BCUT2D eigenvalue weighted by Gasteiger charge is 2.19. The molecular weight excluding hydrogens is 422 g/mol. The second kappa shape index (κ2) is 8.47. The van der Waals surface area contributed by atoms with Gasteiger partial charge in [0.2, 0.25) is 5.95 Å². The molecule has 0 fully saturated rings. The number of carbonyl (C=O) groups excluding carboxylic acids is 1. The Labute approximate surface area is 189 Å². The number of benzene rings is 1. The number of hydrogen-bond donors (Lipinski definition) is 2. The summed E-state index contributed by atoms with van der Waals surface area (Å²) in [5, 5.41) is 6.98. The quantitative estimate of drug-likeness (QED) is 0.449. The lowest BCUT2D eigenvalue weighted by Gasteiger charge is -2.18. The van der Waals surface area contributed by atoms with Gasteiger partial charge in [-0.1, -0.05) is 12.1 Å². The van der Waals surface area contributed by atoms with E-state index in [1.165, 1.54) is 29.1 Å². The first-order chi connectivity index (χ1) is 16.1. The summed E-state index contributed by atoms with van der Waals surface area (Å²) in [4.78, 5) is 38.3. The Bertz CT molecular complexity index is 1420. The number of pyridine rings is 1. The molecular formula is C23H23N7O3. The molecule has 5 rings (SSSR count). The van der Waals surface area contributed by atoms with E-state index < -0.39 is 5.97 Å². The highest BCUT2D eigenvalue weighted by molar-refractivity contribution is 5.87. The Morgan fingerprint density at radius 2 is 2.09 bits per heavy atom. The van der Waals surface area contributed by atoms with Gasteiger partial charge in [0.1, 0.15) is 5.39 Å².